The van der Waals surface area contributed by atoms with Crippen LogP contribution in [0.4, 0.5) is 5.69 Å². The molecule has 0 saturated heterocycles. The average Bonchev–Trinajstić information content (AvgIpc) is 3.67. The fraction of sp³-hybridized carbons (Fsp3) is 0.0263. The Morgan fingerprint density at radius 2 is 1.31 bits per heavy atom. The summed E-state index contributed by atoms with van der Waals surface area (Å²) >= 11 is 6.31. The van der Waals surface area contributed by atoms with Crippen LogP contribution in [-0.2, 0) is 11.4 Å². The molecule has 0 fully saturated rings. The molecular weight excluding hydrogens is 580 g/mol. The maximum Gasteiger partial charge on any atom is 0.281 e. The summed E-state index contributed by atoms with van der Waals surface area (Å²) in [6.45, 7) is 0.362. The fourth-order valence-electron chi connectivity index (χ4n) is 5.17. The van der Waals surface area contributed by atoms with Gasteiger partial charge in [0, 0.05) is 33.5 Å². The quantitative estimate of drug-likeness (QED) is 0.163. The molecule has 5 aromatic carbocycles. The highest BCUT2D eigenvalue weighted by atomic mass is 35.5. The maximum absolute atomic E-state index is 14.0. The molecule has 0 spiro atoms. The van der Waals surface area contributed by atoms with Gasteiger partial charge in [0.1, 0.15) is 18.1 Å². The fourth-order valence-corrected chi connectivity index (χ4v) is 5.36. The molecule has 218 valence electrons. The van der Waals surface area contributed by atoms with E-state index in [1.807, 2.05) is 156 Å². The van der Waals surface area contributed by atoms with Gasteiger partial charge < -0.3 is 4.74 Å². The Kier molecular flexibility index (Phi) is 7.79. The summed E-state index contributed by atoms with van der Waals surface area (Å²) < 4.78 is 7.85. The normalized spacial score (nSPS) is 13.7. The van der Waals surface area contributed by atoms with Crippen molar-refractivity contribution in [2.45, 2.75) is 6.61 Å². The van der Waals surface area contributed by atoms with Gasteiger partial charge in [0.2, 0.25) is 0 Å². The Bertz CT molecular complexity index is 2020. The summed E-state index contributed by atoms with van der Waals surface area (Å²) in [7, 11) is 0. The van der Waals surface area contributed by atoms with Crippen LogP contribution in [0.25, 0.3) is 23.0 Å². The Hall–Kier alpha value is -5.72. The first-order valence-corrected chi connectivity index (χ1v) is 14.9. The van der Waals surface area contributed by atoms with Gasteiger partial charge in [0.25, 0.3) is 5.91 Å². The van der Waals surface area contributed by atoms with Crippen LogP contribution < -0.4 is 9.75 Å². The van der Waals surface area contributed by atoms with Crippen LogP contribution in [0.3, 0.4) is 0 Å². The molecule has 0 N–H and O–H groups in total. The van der Waals surface area contributed by atoms with Crippen molar-refractivity contribution in [3.8, 4) is 22.7 Å². The van der Waals surface area contributed by atoms with Gasteiger partial charge in [-0.2, -0.15) is 15.2 Å². The van der Waals surface area contributed by atoms with Crippen molar-refractivity contribution >= 4 is 35.0 Å². The minimum atomic E-state index is -0.207. The van der Waals surface area contributed by atoms with Gasteiger partial charge in [-0.15, -0.1) is 0 Å². The van der Waals surface area contributed by atoms with Gasteiger partial charge in [-0.25, -0.2) is 4.68 Å². The topological polar surface area (TPSA) is 59.7 Å². The van der Waals surface area contributed by atoms with Crippen molar-refractivity contribution in [3.63, 3.8) is 0 Å². The number of amides is 1. The molecule has 6 aromatic rings. The molecule has 0 aliphatic carbocycles. The largest absolute Gasteiger partial charge is 0.489 e. The first-order valence-electron chi connectivity index (χ1n) is 14.5. The maximum atomic E-state index is 14.0. The van der Waals surface area contributed by atoms with E-state index >= 15 is 0 Å². The second kappa shape index (κ2) is 12.5. The molecule has 1 amide bonds. The molecule has 0 radical (unpaired) electrons. The molecule has 7 heteroatoms. The molecule has 2 heterocycles. The predicted molar refractivity (Wildman–Crippen MR) is 180 cm³/mol. The number of hydrogen-bond acceptors (Lipinski definition) is 4. The number of carbonyl (C=O) groups is 1. The second-order valence-electron chi connectivity index (χ2n) is 10.4. The first-order chi connectivity index (χ1) is 22.1. The van der Waals surface area contributed by atoms with E-state index in [2.05, 4.69) is 0 Å². The summed E-state index contributed by atoms with van der Waals surface area (Å²) in [6, 6.07) is 44.5. The molecule has 0 bridgehead atoms. The van der Waals surface area contributed by atoms with Gasteiger partial charge in [0.05, 0.1) is 22.6 Å². The summed E-state index contributed by atoms with van der Waals surface area (Å²) in [5.74, 6) is 0.505. The summed E-state index contributed by atoms with van der Waals surface area (Å²) in [4.78, 5) is 14.0. The van der Waals surface area contributed by atoms with Crippen molar-refractivity contribution in [3.05, 3.63) is 173 Å². The molecule has 0 saturated carbocycles. The highest BCUT2D eigenvalue weighted by Gasteiger charge is 2.32. The van der Waals surface area contributed by atoms with E-state index in [4.69, 9.17) is 26.5 Å². The molecule has 45 heavy (non-hydrogen) atoms. The van der Waals surface area contributed by atoms with Gasteiger partial charge >= 0.3 is 0 Å². The molecule has 0 unspecified atom stereocenters. The van der Waals surface area contributed by atoms with Gasteiger partial charge in [0.15, 0.2) is 0 Å². The Morgan fingerprint density at radius 3 is 2.00 bits per heavy atom. The summed E-state index contributed by atoms with van der Waals surface area (Å²) in [5, 5.41) is 11.9. The van der Waals surface area contributed by atoms with E-state index in [0.29, 0.717) is 34.4 Å². The number of aromatic nitrogens is 2. The van der Waals surface area contributed by atoms with Crippen molar-refractivity contribution in [1.82, 2.24) is 9.78 Å². The predicted octanol–water partition coefficient (Wildman–Crippen LogP) is 8.61. The van der Waals surface area contributed by atoms with Crippen LogP contribution in [0.5, 0.6) is 5.75 Å². The minimum Gasteiger partial charge on any atom is -0.489 e. The molecule has 1 aliphatic rings. The Labute approximate surface area is 266 Å². The second-order valence-corrected chi connectivity index (χ2v) is 10.8. The number of para-hydroxylation sites is 2. The van der Waals surface area contributed by atoms with Crippen LogP contribution in [0.15, 0.2) is 156 Å². The van der Waals surface area contributed by atoms with E-state index in [0.717, 1.165) is 33.6 Å². The van der Waals surface area contributed by atoms with Crippen molar-refractivity contribution in [1.29, 1.82) is 0 Å². The van der Waals surface area contributed by atoms with Crippen molar-refractivity contribution in [2.24, 2.45) is 5.10 Å². The highest BCUT2D eigenvalue weighted by Crippen LogP contribution is 2.32. The molecule has 7 rings (SSSR count). The van der Waals surface area contributed by atoms with E-state index < -0.39 is 0 Å². The number of nitrogens with zero attached hydrogens (tertiary/aromatic N) is 4. The Morgan fingerprint density at radius 1 is 0.689 bits per heavy atom. The van der Waals surface area contributed by atoms with Gasteiger partial charge in [-0.05, 0) is 60.7 Å². The minimum absolute atomic E-state index is 0.207. The van der Waals surface area contributed by atoms with Crippen LogP contribution >= 0.6 is 11.6 Å². The first kappa shape index (κ1) is 28.1. The van der Waals surface area contributed by atoms with E-state index in [9.17, 15) is 4.79 Å². The number of benzene rings is 5. The highest BCUT2D eigenvalue weighted by molar-refractivity contribution is 6.37. The molecule has 1 aliphatic heterocycles. The lowest BCUT2D eigenvalue weighted by Gasteiger charge is -2.11. The number of anilines is 1. The summed E-state index contributed by atoms with van der Waals surface area (Å²) in [6.07, 6.45) is 3.83. The van der Waals surface area contributed by atoms with Crippen molar-refractivity contribution < 1.29 is 9.53 Å². The zero-order valence-electron chi connectivity index (χ0n) is 24.1. The SMILES string of the molecule is O=C1C(=Cc2cn(-c3ccccc3)nc2-c2ccc(OCc3ccccc3Cl)cc2)C(c2ccccc2)=NN1c1ccccc1. The van der Waals surface area contributed by atoms with Crippen LogP contribution in [0.2, 0.25) is 5.02 Å². The standard InChI is InChI=1S/C38H27ClN4O2/c39-35-19-11-10-14-29(35)26-45-33-22-20-28(21-23-33)36-30(25-42(40-36)31-15-6-2-7-16-31)24-34-37(27-12-4-1-5-13-27)41-43(38(34)44)32-17-8-3-9-18-32/h1-25H,26H2. The number of rotatable bonds is 8. The molecule has 6 nitrogen and oxygen atoms in total. The molecule has 0 atom stereocenters. The van der Waals surface area contributed by atoms with E-state index in [1.165, 1.54) is 5.01 Å². The van der Waals surface area contributed by atoms with Gasteiger partial charge in [-0.1, -0.05) is 96.5 Å². The van der Waals surface area contributed by atoms with Crippen LogP contribution in [0, 0.1) is 0 Å². The molecular formula is C38H27ClN4O2. The lowest BCUT2D eigenvalue weighted by atomic mass is 9.99. The van der Waals surface area contributed by atoms with Crippen LogP contribution in [0.1, 0.15) is 16.7 Å². The monoisotopic (exact) mass is 606 g/mol. The lowest BCUT2D eigenvalue weighted by molar-refractivity contribution is -0.114. The van der Waals surface area contributed by atoms with Crippen molar-refractivity contribution in [2.75, 3.05) is 5.01 Å². The third-order valence-electron chi connectivity index (χ3n) is 7.47. The average molecular weight is 607 g/mol. The number of hydrogen-bond donors (Lipinski definition) is 0. The van der Waals surface area contributed by atoms with E-state index in [-0.39, 0.29) is 5.91 Å². The number of hydrazone groups is 1. The lowest BCUT2D eigenvalue weighted by Crippen LogP contribution is -2.21. The van der Waals surface area contributed by atoms with E-state index in [1.54, 1.807) is 0 Å². The number of halogens is 1. The smallest absolute Gasteiger partial charge is 0.281 e. The Balaban J connectivity index is 1.28. The van der Waals surface area contributed by atoms with Crippen LogP contribution in [-0.4, -0.2) is 21.4 Å². The zero-order valence-corrected chi connectivity index (χ0v) is 24.9. The number of ether oxygens (including phenoxy) is 1. The number of carbonyl (C=O) groups excluding carboxylic acids is 1. The third-order valence-corrected chi connectivity index (χ3v) is 7.84. The zero-order chi connectivity index (χ0) is 30.6. The molecule has 1 aromatic heterocycles. The van der Waals surface area contributed by atoms with Gasteiger partial charge in [-0.3, -0.25) is 4.79 Å². The summed E-state index contributed by atoms with van der Waals surface area (Å²) in [5.41, 5.74) is 6.85. The third kappa shape index (κ3) is 5.92.